The number of benzene rings is 1. The van der Waals surface area contributed by atoms with E-state index in [0.29, 0.717) is 5.88 Å². The molecule has 0 saturated heterocycles. The van der Waals surface area contributed by atoms with Gasteiger partial charge in [-0.25, -0.2) is 0 Å². The summed E-state index contributed by atoms with van der Waals surface area (Å²) in [5.41, 5.74) is 2.58. The maximum Gasteiger partial charge on any atom is 0.0483 e. The molecular formula is C13H14ClN. The third-order valence-electron chi connectivity index (χ3n) is 2.48. The van der Waals surface area contributed by atoms with E-state index < -0.39 is 0 Å². The highest BCUT2D eigenvalue weighted by Gasteiger charge is 1.98. The second-order valence-corrected chi connectivity index (χ2v) is 3.96. The van der Waals surface area contributed by atoms with Gasteiger partial charge in [-0.1, -0.05) is 23.8 Å². The summed E-state index contributed by atoms with van der Waals surface area (Å²) in [5, 5.41) is 1.30. The summed E-state index contributed by atoms with van der Waals surface area (Å²) < 4.78 is 2.22. The molecule has 0 radical (unpaired) electrons. The van der Waals surface area contributed by atoms with Crippen molar-refractivity contribution in [1.29, 1.82) is 0 Å². The maximum absolute atomic E-state index is 5.58. The Morgan fingerprint density at radius 1 is 1.27 bits per heavy atom. The van der Waals surface area contributed by atoms with Crippen LogP contribution in [0.4, 0.5) is 0 Å². The van der Waals surface area contributed by atoms with Gasteiger partial charge in [0.1, 0.15) is 0 Å². The molecule has 0 aliphatic heterocycles. The topological polar surface area (TPSA) is 4.93 Å². The van der Waals surface area contributed by atoms with Gasteiger partial charge in [0.15, 0.2) is 0 Å². The Hall–Kier alpha value is -1.21. The summed E-state index contributed by atoms with van der Waals surface area (Å²) in [5.74, 6) is 0.582. The van der Waals surface area contributed by atoms with Crippen molar-refractivity contribution in [1.82, 2.24) is 4.57 Å². The molecule has 2 rings (SSSR count). The molecular weight excluding hydrogens is 206 g/mol. The summed E-state index contributed by atoms with van der Waals surface area (Å²) in [6.45, 7) is 3.00. The Balaban J connectivity index is 2.32. The summed E-state index contributed by atoms with van der Waals surface area (Å²) in [6.07, 6.45) is 6.18. The van der Waals surface area contributed by atoms with Crippen LogP contribution in [-0.4, -0.2) is 10.4 Å². The maximum atomic E-state index is 5.58. The molecule has 0 spiro atoms. The lowest BCUT2D eigenvalue weighted by atomic mass is 10.2. The largest absolute Gasteiger partial charge is 0.344 e. The van der Waals surface area contributed by atoms with Gasteiger partial charge in [-0.05, 0) is 30.5 Å². The molecule has 1 aromatic heterocycles. The van der Waals surface area contributed by atoms with Crippen molar-refractivity contribution in [2.24, 2.45) is 0 Å². The van der Waals surface area contributed by atoms with Crippen molar-refractivity contribution in [3.8, 4) is 0 Å². The molecule has 0 amide bonds. The third kappa shape index (κ3) is 2.24. The molecule has 78 valence electrons. The Morgan fingerprint density at radius 2 is 2.13 bits per heavy atom. The van der Waals surface area contributed by atoms with Crippen LogP contribution < -0.4 is 0 Å². The van der Waals surface area contributed by atoms with Crippen LogP contribution in [0.3, 0.4) is 0 Å². The minimum Gasteiger partial charge on any atom is -0.344 e. The molecule has 0 fully saturated rings. The lowest BCUT2D eigenvalue weighted by Gasteiger charge is -2.01. The zero-order valence-corrected chi connectivity index (χ0v) is 9.54. The number of aromatic nitrogens is 1. The number of nitrogens with zero attached hydrogens (tertiary/aromatic N) is 1. The van der Waals surface area contributed by atoms with Crippen LogP contribution in [0.1, 0.15) is 5.56 Å². The second-order valence-electron chi connectivity index (χ2n) is 3.66. The molecule has 1 heterocycles. The first-order valence-corrected chi connectivity index (χ1v) is 5.61. The summed E-state index contributed by atoms with van der Waals surface area (Å²) in [4.78, 5) is 0. The minimum absolute atomic E-state index is 0.582. The van der Waals surface area contributed by atoms with Crippen LogP contribution in [0.5, 0.6) is 0 Å². The highest BCUT2D eigenvalue weighted by Crippen LogP contribution is 2.17. The smallest absolute Gasteiger partial charge is 0.0483 e. The average Bonchev–Trinajstić information content (AvgIpc) is 2.61. The van der Waals surface area contributed by atoms with Gasteiger partial charge >= 0.3 is 0 Å². The molecule has 0 atom stereocenters. The molecule has 0 bridgehead atoms. The van der Waals surface area contributed by atoms with Crippen LogP contribution in [0, 0.1) is 6.92 Å². The standard InChI is InChI=1S/C13H14ClN/c1-11-4-5-13-12(10-11)6-9-15(13)8-3-2-7-14/h2-6,9-10H,7-8H2,1H3/b3-2+. The molecule has 2 heteroatoms. The van der Waals surface area contributed by atoms with E-state index in [1.165, 1.54) is 16.5 Å². The fraction of sp³-hybridized carbons (Fsp3) is 0.231. The molecule has 0 aliphatic carbocycles. The number of halogens is 1. The Bertz CT molecular complexity index is 482. The zero-order valence-electron chi connectivity index (χ0n) is 8.78. The molecule has 1 aromatic carbocycles. The van der Waals surface area contributed by atoms with Gasteiger partial charge in [0.25, 0.3) is 0 Å². The predicted molar refractivity (Wildman–Crippen MR) is 66.5 cm³/mol. The lowest BCUT2D eigenvalue weighted by molar-refractivity contribution is 0.862. The van der Waals surface area contributed by atoms with Crippen LogP contribution in [0.15, 0.2) is 42.6 Å². The van der Waals surface area contributed by atoms with Crippen molar-refractivity contribution >= 4 is 22.5 Å². The van der Waals surface area contributed by atoms with Crippen molar-refractivity contribution < 1.29 is 0 Å². The summed E-state index contributed by atoms with van der Waals surface area (Å²) in [7, 11) is 0. The monoisotopic (exact) mass is 219 g/mol. The number of aryl methyl sites for hydroxylation is 1. The van der Waals surface area contributed by atoms with Gasteiger partial charge in [0, 0.05) is 24.1 Å². The van der Waals surface area contributed by atoms with E-state index >= 15 is 0 Å². The highest BCUT2D eigenvalue weighted by atomic mass is 35.5. The van der Waals surface area contributed by atoms with Crippen LogP contribution in [-0.2, 0) is 6.54 Å². The van der Waals surface area contributed by atoms with Crippen molar-refractivity contribution in [3.63, 3.8) is 0 Å². The minimum atomic E-state index is 0.582. The van der Waals surface area contributed by atoms with Crippen molar-refractivity contribution in [2.75, 3.05) is 5.88 Å². The van der Waals surface area contributed by atoms with Gasteiger partial charge in [-0.3, -0.25) is 0 Å². The molecule has 0 aliphatic rings. The normalized spacial score (nSPS) is 11.6. The van der Waals surface area contributed by atoms with E-state index in [0.717, 1.165) is 6.54 Å². The first-order chi connectivity index (χ1) is 7.31. The highest BCUT2D eigenvalue weighted by molar-refractivity contribution is 6.18. The SMILES string of the molecule is Cc1ccc2c(ccn2C/C=C/CCl)c1. The van der Waals surface area contributed by atoms with Crippen LogP contribution in [0.25, 0.3) is 10.9 Å². The van der Waals surface area contributed by atoms with E-state index in [1.54, 1.807) is 0 Å². The van der Waals surface area contributed by atoms with Crippen molar-refractivity contribution in [2.45, 2.75) is 13.5 Å². The fourth-order valence-corrected chi connectivity index (χ4v) is 1.86. The quantitative estimate of drug-likeness (QED) is 0.548. The van der Waals surface area contributed by atoms with E-state index in [1.807, 2.05) is 6.08 Å². The molecule has 1 nitrogen and oxygen atoms in total. The number of fused-ring (bicyclic) bond motifs is 1. The zero-order chi connectivity index (χ0) is 10.7. The molecule has 2 aromatic rings. The molecule has 0 saturated carbocycles. The first kappa shape index (κ1) is 10.3. The van der Waals surface area contributed by atoms with E-state index in [9.17, 15) is 0 Å². The van der Waals surface area contributed by atoms with E-state index in [2.05, 4.69) is 48.0 Å². The Kier molecular flexibility index (Phi) is 3.12. The van der Waals surface area contributed by atoms with Crippen LogP contribution >= 0.6 is 11.6 Å². The van der Waals surface area contributed by atoms with Crippen LogP contribution in [0.2, 0.25) is 0 Å². The van der Waals surface area contributed by atoms with Gasteiger partial charge in [0.05, 0.1) is 0 Å². The Morgan fingerprint density at radius 3 is 2.93 bits per heavy atom. The fourth-order valence-electron chi connectivity index (χ4n) is 1.73. The third-order valence-corrected chi connectivity index (χ3v) is 2.66. The summed E-state index contributed by atoms with van der Waals surface area (Å²) >= 11 is 5.58. The number of allylic oxidation sites excluding steroid dienone is 2. The van der Waals surface area contributed by atoms with Gasteiger partial charge in [-0.2, -0.15) is 0 Å². The number of alkyl halides is 1. The average molecular weight is 220 g/mol. The molecule has 0 unspecified atom stereocenters. The summed E-state index contributed by atoms with van der Waals surface area (Å²) in [6, 6.07) is 8.66. The second kappa shape index (κ2) is 4.54. The molecule has 0 N–H and O–H groups in total. The lowest BCUT2D eigenvalue weighted by Crippen LogP contribution is -1.92. The number of hydrogen-bond acceptors (Lipinski definition) is 0. The van der Waals surface area contributed by atoms with Gasteiger partial charge in [0.2, 0.25) is 0 Å². The first-order valence-electron chi connectivity index (χ1n) is 5.08. The number of hydrogen-bond donors (Lipinski definition) is 0. The van der Waals surface area contributed by atoms with E-state index in [4.69, 9.17) is 11.6 Å². The van der Waals surface area contributed by atoms with Gasteiger partial charge < -0.3 is 4.57 Å². The predicted octanol–water partition coefficient (Wildman–Crippen LogP) is 3.74. The van der Waals surface area contributed by atoms with Gasteiger partial charge in [-0.15, -0.1) is 11.6 Å². The number of rotatable bonds is 3. The Labute approximate surface area is 95.0 Å². The molecule has 15 heavy (non-hydrogen) atoms. The van der Waals surface area contributed by atoms with Crippen molar-refractivity contribution in [3.05, 3.63) is 48.2 Å². The van der Waals surface area contributed by atoms with E-state index in [-0.39, 0.29) is 0 Å².